The average molecular weight is 395 g/mol. The van der Waals surface area contributed by atoms with Crippen molar-refractivity contribution in [1.82, 2.24) is 4.90 Å². The van der Waals surface area contributed by atoms with Gasteiger partial charge in [-0.1, -0.05) is 30.3 Å². The van der Waals surface area contributed by atoms with E-state index in [1.165, 1.54) is 23.1 Å². The maximum Gasteiger partial charge on any atom is 0.310 e. The molecule has 0 atom stereocenters. The number of carbonyl (C=O) groups excluding carboxylic acids is 2. The normalized spacial score (nSPS) is 10.6. The molecule has 0 N–H and O–H groups in total. The van der Waals surface area contributed by atoms with Crippen LogP contribution in [0.4, 0.5) is 4.39 Å². The maximum absolute atomic E-state index is 13.2. The maximum atomic E-state index is 13.2. The number of esters is 1. The third-order valence-electron chi connectivity index (χ3n) is 4.55. The van der Waals surface area contributed by atoms with Gasteiger partial charge in [-0.2, -0.15) is 0 Å². The van der Waals surface area contributed by atoms with Crippen molar-refractivity contribution in [3.63, 3.8) is 0 Å². The van der Waals surface area contributed by atoms with Gasteiger partial charge in [0.2, 0.25) is 0 Å². The van der Waals surface area contributed by atoms with Crippen LogP contribution in [0, 0.1) is 5.82 Å². The molecular weight excluding hydrogens is 373 g/mol. The number of rotatable bonds is 7. The van der Waals surface area contributed by atoms with Gasteiger partial charge in [-0.05, 0) is 52.2 Å². The number of ether oxygens (including phenoxy) is 2. The summed E-state index contributed by atoms with van der Waals surface area (Å²) in [6.07, 6.45) is -0.0805. The number of halogens is 1. The summed E-state index contributed by atoms with van der Waals surface area (Å²) in [6, 6.07) is 17.5. The van der Waals surface area contributed by atoms with E-state index in [1.54, 1.807) is 20.2 Å². The van der Waals surface area contributed by atoms with Gasteiger partial charge in [0, 0.05) is 13.6 Å². The highest BCUT2D eigenvalue weighted by molar-refractivity contribution is 5.85. The number of nitrogens with zero attached hydrogens (tertiary/aromatic N) is 1. The van der Waals surface area contributed by atoms with Gasteiger partial charge < -0.3 is 14.4 Å². The Morgan fingerprint density at radius 3 is 2.48 bits per heavy atom. The summed E-state index contributed by atoms with van der Waals surface area (Å²) >= 11 is 0. The molecule has 0 aliphatic rings. The highest BCUT2D eigenvalue weighted by atomic mass is 19.1. The topological polar surface area (TPSA) is 55.8 Å². The van der Waals surface area contributed by atoms with Crippen LogP contribution in [0.5, 0.6) is 5.75 Å². The molecule has 6 heteroatoms. The molecule has 0 aliphatic carbocycles. The Hall–Kier alpha value is -3.41. The first kappa shape index (κ1) is 20.3. The van der Waals surface area contributed by atoms with Gasteiger partial charge in [-0.3, -0.25) is 9.59 Å². The van der Waals surface area contributed by atoms with Crippen LogP contribution in [0.15, 0.2) is 60.7 Å². The molecule has 1 amide bonds. The molecule has 150 valence electrons. The zero-order valence-corrected chi connectivity index (χ0v) is 16.4. The molecule has 3 rings (SSSR count). The van der Waals surface area contributed by atoms with Crippen LogP contribution in [0.25, 0.3) is 10.8 Å². The minimum absolute atomic E-state index is 0.0805. The summed E-state index contributed by atoms with van der Waals surface area (Å²) in [5, 5.41) is 2.10. The van der Waals surface area contributed by atoms with Crippen molar-refractivity contribution < 1.29 is 23.5 Å². The zero-order valence-electron chi connectivity index (χ0n) is 16.4. The summed E-state index contributed by atoms with van der Waals surface area (Å²) in [7, 11) is 3.28. The fourth-order valence-corrected chi connectivity index (χ4v) is 2.98. The SMILES string of the molecule is COc1ccc2cc(CN(C)C(=O)COC(=O)Cc3cccc(F)c3)ccc2c1. The Morgan fingerprint density at radius 2 is 1.72 bits per heavy atom. The van der Waals surface area contributed by atoms with Crippen LogP contribution in [-0.2, 0) is 27.3 Å². The van der Waals surface area contributed by atoms with Crippen LogP contribution >= 0.6 is 0 Å². The first-order chi connectivity index (χ1) is 13.9. The van der Waals surface area contributed by atoms with Crippen LogP contribution in [0.2, 0.25) is 0 Å². The molecule has 0 unspecified atom stereocenters. The van der Waals surface area contributed by atoms with E-state index in [0.717, 1.165) is 22.1 Å². The molecule has 5 nitrogen and oxygen atoms in total. The summed E-state index contributed by atoms with van der Waals surface area (Å²) in [5.41, 5.74) is 1.47. The molecule has 0 aromatic heterocycles. The molecule has 0 radical (unpaired) electrons. The standard InChI is InChI=1S/C23H22FNO4/c1-25(14-17-6-7-19-13-21(28-2)9-8-18(19)10-17)22(26)15-29-23(27)12-16-4-3-5-20(24)11-16/h3-11,13H,12,14-15H2,1-2H3. The van der Waals surface area contributed by atoms with Crippen molar-refractivity contribution in [2.24, 2.45) is 0 Å². The molecule has 29 heavy (non-hydrogen) atoms. The molecule has 0 saturated carbocycles. The minimum atomic E-state index is -0.572. The lowest BCUT2D eigenvalue weighted by molar-refractivity contribution is -0.151. The predicted molar refractivity (Wildman–Crippen MR) is 108 cm³/mol. The van der Waals surface area contributed by atoms with Crippen molar-refractivity contribution in [1.29, 1.82) is 0 Å². The Kier molecular flexibility index (Phi) is 6.44. The van der Waals surface area contributed by atoms with E-state index in [0.29, 0.717) is 12.1 Å². The lowest BCUT2D eigenvalue weighted by Gasteiger charge is -2.17. The summed E-state index contributed by atoms with van der Waals surface area (Å²) in [5.74, 6) is -0.512. The molecule has 0 saturated heterocycles. The first-order valence-electron chi connectivity index (χ1n) is 9.15. The van der Waals surface area contributed by atoms with E-state index < -0.39 is 11.8 Å². The number of hydrogen-bond donors (Lipinski definition) is 0. The lowest BCUT2D eigenvalue weighted by atomic mass is 10.1. The van der Waals surface area contributed by atoms with Crippen molar-refractivity contribution in [3.8, 4) is 5.75 Å². The van der Waals surface area contributed by atoms with Gasteiger partial charge >= 0.3 is 5.97 Å². The number of benzene rings is 3. The summed E-state index contributed by atoms with van der Waals surface area (Å²) in [4.78, 5) is 25.7. The van der Waals surface area contributed by atoms with Crippen molar-refractivity contribution in [3.05, 3.63) is 77.6 Å². The Morgan fingerprint density at radius 1 is 0.966 bits per heavy atom. The van der Waals surface area contributed by atoms with Crippen molar-refractivity contribution in [2.45, 2.75) is 13.0 Å². The third-order valence-corrected chi connectivity index (χ3v) is 4.55. The molecule has 0 spiro atoms. The van der Waals surface area contributed by atoms with E-state index in [1.807, 2.05) is 36.4 Å². The van der Waals surface area contributed by atoms with E-state index >= 15 is 0 Å². The monoisotopic (exact) mass is 395 g/mol. The molecule has 0 aliphatic heterocycles. The fourth-order valence-electron chi connectivity index (χ4n) is 2.98. The van der Waals surface area contributed by atoms with Gasteiger partial charge in [0.25, 0.3) is 5.91 Å². The smallest absolute Gasteiger partial charge is 0.310 e. The highest BCUT2D eigenvalue weighted by Crippen LogP contribution is 2.22. The number of methoxy groups -OCH3 is 1. The number of hydrogen-bond acceptors (Lipinski definition) is 4. The Labute approximate surface area is 168 Å². The van der Waals surface area contributed by atoms with E-state index in [9.17, 15) is 14.0 Å². The number of fused-ring (bicyclic) bond motifs is 1. The number of likely N-dealkylation sites (N-methyl/N-ethyl adjacent to an activating group) is 1. The van der Waals surface area contributed by atoms with Crippen molar-refractivity contribution in [2.75, 3.05) is 20.8 Å². The lowest BCUT2D eigenvalue weighted by Crippen LogP contribution is -2.31. The van der Waals surface area contributed by atoms with E-state index in [2.05, 4.69) is 0 Å². The highest BCUT2D eigenvalue weighted by Gasteiger charge is 2.13. The van der Waals surface area contributed by atoms with Crippen LogP contribution < -0.4 is 4.74 Å². The number of amides is 1. The van der Waals surface area contributed by atoms with E-state index in [4.69, 9.17) is 9.47 Å². The quantitative estimate of drug-likeness (QED) is 0.572. The molecular formula is C23H22FNO4. The summed E-state index contributed by atoms with van der Waals surface area (Å²) in [6.45, 7) is 0.0394. The first-order valence-corrected chi connectivity index (χ1v) is 9.15. The van der Waals surface area contributed by atoms with E-state index in [-0.39, 0.29) is 18.9 Å². The second kappa shape index (κ2) is 9.19. The van der Waals surface area contributed by atoms with Gasteiger partial charge in [0.05, 0.1) is 13.5 Å². The van der Waals surface area contributed by atoms with Gasteiger partial charge in [-0.15, -0.1) is 0 Å². The third kappa shape index (κ3) is 5.54. The summed E-state index contributed by atoms with van der Waals surface area (Å²) < 4.78 is 23.4. The number of carbonyl (C=O) groups is 2. The second-order valence-electron chi connectivity index (χ2n) is 6.76. The average Bonchev–Trinajstić information content (AvgIpc) is 2.71. The fraction of sp³-hybridized carbons (Fsp3) is 0.217. The molecule has 3 aromatic rings. The van der Waals surface area contributed by atoms with Crippen molar-refractivity contribution >= 4 is 22.6 Å². The zero-order chi connectivity index (χ0) is 20.8. The molecule has 0 bridgehead atoms. The minimum Gasteiger partial charge on any atom is -0.497 e. The van der Waals surface area contributed by atoms with Crippen LogP contribution in [0.1, 0.15) is 11.1 Å². The van der Waals surface area contributed by atoms with Gasteiger partial charge in [-0.25, -0.2) is 4.39 Å². The van der Waals surface area contributed by atoms with Gasteiger partial charge in [0.1, 0.15) is 11.6 Å². The molecule has 0 heterocycles. The molecule has 0 fully saturated rings. The molecule has 3 aromatic carbocycles. The van der Waals surface area contributed by atoms with Crippen LogP contribution in [-0.4, -0.2) is 37.5 Å². The Balaban J connectivity index is 1.53. The predicted octanol–water partition coefficient (Wildman–Crippen LogP) is 3.73. The van der Waals surface area contributed by atoms with Gasteiger partial charge in [0.15, 0.2) is 6.61 Å². The van der Waals surface area contributed by atoms with Crippen LogP contribution in [0.3, 0.4) is 0 Å². The largest absolute Gasteiger partial charge is 0.497 e. The Bertz CT molecular complexity index is 1030. The second-order valence-corrected chi connectivity index (χ2v) is 6.76.